The molecule has 28 heavy (non-hydrogen) atoms. The first-order chi connectivity index (χ1) is 13.7. The van der Waals surface area contributed by atoms with Crippen LogP contribution in [0.5, 0.6) is 0 Å². The van der Waals surface area contributed by atoms with E-state index in [0.717, 1.165) is 16.8 Å². The summed E-state index contributed by atoms with van der Waals surface area (Å²) in [4.78, 5) is 17.1. The molecule has 0 saturated carbocycles. The van der Waals surface area contributed by atoms with Crippen LogP contribution in [0.1, 0.15) is 22.6 Å². The molecular weight excluding hydrogens is 356 g/mol. The Balaban J connectivity index is 1.58. The van der Waals surface area contributed by atoms with E-state index in [1.54, 1.807) is 4.68 Å². The van der Waals surface area contributed by atoms with E-state index in [2.05, 4.69) is 15.4 Å². The van der Waals surface area contributed by atoms with Crippen LogP contribution in [0.3, 0.4) is 0 Å². The maximum Gasteiger partial charge on any atom is 0.290 e. The van der Waals surface area contributed by atoms with Gasteiger partial charge < -0.3 is 14.8 Å². The smallest absolute Gasteiger partial charge is 0.290 e. The van der Waals surface area contributed by atoms with Crippen molar-refractivity contribution in [3.05, 3.63) is 66.0 Å². The summed E-state index contributed by atoms with van der Waals surface area (Å²) in [6, 6.07) is 17.7. The molecular formula is C21H22N4O3. The molecule has 3 aromatic rings. The number of rotatable bonds is 6. The minimum Gasteiger partial charge on any atom is -0.350 e. The maximum atomic E-state index is 12.6. The van der Waals surface area contributed by atoms with Gasteiger partial charge >= 0.3 is 0 Å². The second-order valence-electron chi connectivity index (χ2n) is 6.59. The second-order valence-corrected chi connectivity index (χ2v) is 6.59. The number of aryl methyl sites for hydroxylation is 1. The van der Waals surface area contributed by atoms with Gasteiger partial charge in [0.15, 0.2) is 12.1 Å². The predicted molar refractivity (Wildman–Crippen MR) is 104 cm³/mol. The zero-order valence-electron chi connectivity index (χ0n) is 15.7. The van der Waals surface area contributed by atoms with Crippen molar-refractivity contribution in [1.82, 2.24) is 20.1 Å². The molecule has 144 valence electrons. The SMILES string of the molecule is Cc1cccc(-n2nc(C(=O)NCCC3OCCO3)nc2-c2ccccc2)c1. The zero-order chi connectivity index (χ0) is 19.3. The van der Waals surface area contributed by atoms with E-state index in [9.17, 15) is 4.79 Å². The monoisotopic (exact) mass is 378 g/mol. The molecule has 0 aliphatic carbocycles. The molecule has 0 unspecified atom stereocenters. The van der Waals surface area contributed by atoms with E-state index < -0.39 is 0 Å². The van der Waals surface area contributed by atoms with Crippen LogP contribution in [0, 0.1) is 6.92 Å². The number of aromatic nitrogens is 3. The van der Waals surface area contributed by atoms with E-state index >= 15 is 0 Å². The minimum atomic E-state index is -0.318. The van der Waals surface area contributed by atoms with Gasteiger partial charge in [-0.3, -0.25) is 4.79 Å². The molecule has 1 aliphatic heterocycles. The molecule has 0 atom stereocenters. The zero-order valence-corrected chi connectivity index (χ0v) is 15.7. The molecule has 1 aliphatic rings. The Morgan fingerprint density at radius 3 is 2.68 bits per heavy atom. The van der Waals surface area contributed by atoms with Crippen molar-refractivity contribution in [2.75, 3.05) is 19.8 Å². The Bertz CT molecular complexity index is 949. The highest BCUT2D eigenvalue weighted by molar-refractivity contribution is 5.91. The van der Waals surface area contributed by atoms with E-state index in [4.69, 9.17) is 9.47 Å². The van der Waals surface area contributed by atoms with Gasteiger partial charge in [0.25, 0.3) is 5.91 Å². The molecule has 1 aromatic heterocycles. The molecule has 1 amide bonds. The standard InChI is InChI=1S/C21H22N4O3/c1-15-6-5-9-17(14-15)25-20(16-7-3-2-4-8-16)23-19(24-25)21(26)22-11-10-18-27-12-13-28-18/h2-9,14,18H,10-13H2,1H3,(H,22,26). The average Bonchev–Trinajstić information content (AvgIpc) is 3.39. The molecule has 7 heteroatoms. The molecule has 0 spiro atoms. The summed E-state index contributed by atoms with van der Waals surface area (Å²) in [5.74, 6) is 0.439. The Morgan fingerprint density at radius 1 is 1.14 bits per heavy atom. The van der Waals surface area contributed by atoms with Gasteiger partial charge in [-0.1, -0.05) is 42.5 Å². The molecule has 1 N–H and O–H groups in total. The molecule has 2 heterocycles. The van der Waals surface area contributed by atoms with E-state index in [-0.39, 0.29) is 18.0 Å². The minimum absolute atomic E-state index is 0.133. The molecule has 0 radical (unpaired) electrons. The fraction of sp³-hybridized carbons (Fsp3) is 0.286. The number of hydrogen-bond acceptors (Lipinski definition) is 5. The number of benzene rings is 2. The van der Waals surface area contributed by atoms with Crippen LogP contribution in [0.4, 0.5) is 0 Å². The van der Waals surface area contributed by atoms with Crippen molar-refractivity contribution in [2.24, 2.45) is 0 Å². The number of amides is 1. The largest absolute Gasteiger partial charge is 0.350 e. The fourth-order valence-electron chi connectivity index (χ4n) is 3.08. The summed E-state index contributed by atoms with van der Waals surface area (Å²) < 4.78 is 12.5. The third kappa shape index (κ3) is 4.11. The summed E-state index contributed by atoms with van der Waals surface area (Å²) >= 11 is 0. The molecule has 7 nitrogen and oxygen atoms in total. The Kier molecular flexibility index (Phi) is 5.45. The van der Waals surface area contributed by atoms with Crippen LogP contribution in [0.15, 0.2) is 54.6 Å². The van der Waals surface area contributed by atoms with Crippen molar-refractivity contribution >= 4 is 5.91 Å². The first-order valence-electron chi connectivity index (χ1n) is 9.31. The molecule has 1 saturated heterocycles. The van der Waals surface area contributed by atoms with E-state index in [0.29, 0.717) is 32.0 Å². The van der Waals surface area contributed by atoms with Crippen molar-refractivity contribution in [3.63, 3.8) is 0 Å². The summed E-state index contributed by atoms with van der Waals surface area (Å²) in [6.45, 7) is 3.65. The summed E-state index contributed by atoms with van der Waals surface area (Å²) in [5.41, 5.74) is 2.86. The van der Waals surface area contributed by atoms with Crippen molar-refractivity contribution in [3.8, 4) is 17.1 Å². The lowest BCUT2D eigenvalue weighted by molar-refractivity contribution is -0.0455. The van der Waals surface area contributed by atoms with Gasteiger partial charge in [0.05, 0.1) is 18.9 Å². The highest BCUT2D eigenvalue weighted by atomic mass is 16.7. The van der Waals surface area contributed by atoms with Crippen LogP contribution >= 0.6 is 0 Å². The number of nitrogens with zero attached hydrogens (tertiary/aromatic N) is 3. The van der Waals surface area contributed by atoms with Crippen molar-refractivity contribution in [2.45, 2.75) is 19.6 Å². The van der Waals surface area contributed by atoms with Crippen LogP contribution in [0.25, 0.3) is 17.1 Å². The summed E-state index contributed by atoms with van der Waals surface area (Å²) in [7, 11) is 0. The van der Waals surface area contributed by atoms with Gasteiger partial charge in [-0.15, -0.1) is 5.10 Å². The molecule has 0 bridgehead atoms. The van der Waals surface area contributed by atoms with Gasteiger partial charge in [0, 0.05) is 18.5 Å². The highest BCUT2D eigenvalue weighted by Crippen LogP contribution is 2.21. The Hall–Kier alpha value is -3.03. The maximum absolute atomic E-state index is 12.6. The lowest BCUT2D eigenvalue weighted by Gasteiger charge is -2.08. The predicted octanol–water partition coefficient (Wildman–Crippen LogP) is 2.74. The van der Waals surface area contributed by atoms with Gasteiger partial charge in [-0.05, 0) is 24.6 Å². The van der Waals surface area contributed by atoms with Crippen molar-refractivity contribution in [1.29, 1.82) is 0 Å². The van der Waals surface area contributed by atoms with Crippen LogP contribution in [0.2, 0.25) is 0 Å². The lowest BCUT2D eigenvalue weighted by Crippen LogP contribution is -2.28. The van der Waals surface area contributed by atoms with Gasteiger partial charge in [-0.2, -0.15) is 0 Å². The third-order valence-electron chi connectivity index (χ3n) is 4.44. The Morgan fingerprint density at radius 2 is 1.93 bits per heavy atom. The average molecular weight is 378 g/mol. The molecule has 4 rings (SSSR count). The molecule has 1 fully saturated rings. The van der Waals surface area contributed by atoms with E-state index in [1.165, 1.54) is 0 Å². The second kappa shape index (κ2) is 8.33. The number of carbonyl (C=O) groups is 1. The quantitative estimate of drug-likeness (QED) is 0.714. The third-order valence-corrected chi connectivity index (χ3v) is 4.44. The summed E-state index contributed by atoms with van der Waals surface area (Å²) in [6.07, 6.45) is 0.341. The van der Waals surface area contributed by atoms with Crippen molar-refractivity contribution < 1.29 is 14.3 Å². The Labute approximate surface area is 163 Å². The first kappa shape index (κ1) is 18.3. The lowest BCUT2D eigenvalue weighted by atomic mass is 10.2. The fourth-order valence-corrected chi connectivity index (χ4v) is 3.08. The van der Waals surface area contributed by atoms with Crippen LogP contribution < -0.4 is 5.32 Å². The van der Waals surface area contributed by atoms with E-state index in [1.807, 2.05) is 61.5 Å². The number of hydrogen-bond donors (Lipinski definition) is 1. The summed E-state index contributed by atoms with van der Waals surface area (Å²) in [5, 5.41) is 7.32. The molecule has 2 aromatic carbocycles. The van der Waals surface area contributed by atoms with Gasteiger partial charge in [0.1, 0.15) is 0 Å². The number of nitrogens with one attached hydrogen (secondary N) is 1. The van der Waals surface area contributed by atoms with Crippen LogP contribution in [-0.4, -0.2) is 46.7 Å². The number of ether oxygens (including phenoxy) is 2. The van der Waals surface area contributed by atoms with Crippen LogP contribution in [-0.2, 0) is 9.47 Å². The topological polar surface area (TPSA) is 78.3 Å². The normalized spacial score (nSPS) is 14.3. The van der Waals surface area contributed by atoms with Gasteiger partial charge in [0.2, 0.25) is 5.82 Å². The highest BCUT2D eigenvalue weighted by Gasteiger charge is 2.20. The first-order valence-corrected chi connectivity index (χ1v) is 9.31. The number of carbonyl (C=O) groups excluding carboxylic acids is 1. The van der Waals surface area contributed by atoms with Gasteiger partial charge in [-0.25, -0.2) is 9.67 Å².